The molecule has 0 aliphatic carbocycles. The van der Waals surface area contributed by atoms with Gasteiger partial charge in [-0.3, -0.25) is 4.79 Å². The Morgan fingerprint density at radius 2 is 1.98 bits per heavy atom. The molecule has 0 saturated carbocycles. The molecular weight excluding hydrogens is 506 g/mol. The fourth-order valence-electron chi connectivity index (χ4n) is 4.73. The number of pyridine rings is 1. The average molecular weight is 534 g/mol. The molecule has 1 N–H and O–H groups in total. The molecule has 1 atom stereocenters. The molecule has 4 heterocycles. The number of benzene rings is 2. The normalized spacial score (nSPS) is 14.7. The molecule has 1 fully saturated rings. The van der Waals surface area contributed by atoms with E-state index in [0.717, 1.165) is 40.2 Å². The third-order valence-corrected chi connectivity index (χ3v) is 6.77. The Hall–Kier alpha value is -5.17. The number of hydrogen-bond acceptors (Lipinski definition) is 8. The van der Waals surface area contributed by atoms with Crippen molar-refractivity contribution in [2.24, 2.45) is 7.05 Å². The van der Waals surface area contributed by atoms with Gasteiger partial charge in [-0.25, -0.2) is 19.9 Å². The zero-order chi connectivity index (χ0) is 27.6. The lowest BCUT2D eigenvalue weighted by Gasteiger charge is -2.15. The number of carbonyl (C=O) groups is 1. The molecule has 2 aromatic carbocycles. The summed E-state index contributed by atoms with van der Waals surface area (Å²) in [4.78, 5) is 31.6. The largest absolute Gasteiger partial charge is 0.472 e. The van der Waals surface area contributed by atoms with E-state index >= 15 is 0 Å². The van der Waals surface area contributed by atoms with Gasteiger partial charge in [-0.2, -0.15) is 0 Å². The minimum absolute atomic E-state index is 0.151. The van der Waals surface area contributed by atoms with E-state index in [1.807, 2.05) is 61.0 Å². The van der Waals surface area contributed by atoms with Crippen molar-refractivity contribution in [1.29, 1.82) is 0 Å². The first kappa shape index (κ1) is 25.1. The third kappa shape index (κ3) is 5.09. The van der Waals surface area contributed by atoms with Gasteiger partial charge in [0.1, 0.15) is 29.4 Å². The second-order valence-corrected chi connectivity index (χ2v) is 9.61. The molecule has 200 valence electrons. The lowest BCUT2D eigenvalue weighted by Crippen LogP contribution is -2.29. The van der Waals surface area contributed by atoms with E-state index in [1.165, 1.54) is 6.33 Å². The number of aromatic nitrogens is 5. The minimum Gasteiger partial charge on any atom is -0.472 e. The van der Waals surface area contributed by atoms with Gasteiger partial charge in [-0.05, 0) is 61.7 Å². The summed E-state index contributed by atoms with van der Waals surface area (Å²) in [6.45, 7) is 4.73. The molecule has 5 aromatic rings. The highest BCUT2D eigenvalue weighted by atomic mass is 16.5. The number of carbonyl (C=O) groups excluding carboxylic acids is 1. The molecule has 1 saturated heterocycles. The maximum absolute atomic E-state index is 12.1. The summed E-state index contributed by atoms with van der Waals surface area (Å²) < 4.78 is 14.2. The van der Waals surface area contributed by atoms with Crippen LogP contribution in [0.25, 0.3) is 22.1 Å². The number of nitrogens with zero attached hydrogens (tertiary/aromatic N) is 6. The first-order valence-corrected chi connectivity index (χ1v) is 12.9. The van der Waals surface area contributed by atoms with E-state index in [9.17, 15) is 4.79 Å². The molecule has 1 amide bonds. The Morgan fingerprint density at radius 1 is 1.07 bits per heavy atom. The summed E-state index contributed by atoms with van der Waals surface area (Å²) in [5, 5.41) is 3.36. The Morgan fingerprint density at radius 3 is 2.83 bits per heavy atom. The predicted octanol–water partition coefficient (Wildman–Crippen LogP) is 4.76. The van der Waals surface area contributed by atoms with E-state index in [4.69, 9.17) is 9.47 Å². The first-order valence-electron chi connectivity index (χ1n) is 12.9. The quantitative estimate of drug-likeness (QED) is 0.312. The molecule has 0 unspecified atom stereocenters. The van der Waals surface area contributed by atoms with Crippen molar-refractivity contribution in [2.75, 3.05) is 18.4 Å². The average Bonchev–Trinajstić information content (AvgIpc) is 3.57. The van der Waals surface area contributed by atoms with Crippen LogP contribution in [-0.2, 0) is 11.8 Å². The molecule has 10 heteroatoms. The van der Waals surface area contributed by atoms with Gasteiger partial charge < -0.3 is 24.3 Å². The highest BCUT2D eigenvalue weighted by Gasteiger charge is 2.27. The van der Waals surface area contributed by atoms with E-state index in [-0.39, 0.29) is 12.0 Å². The predicted molar refractivity (Wildman–Crippen MR) is 152 cm³/mol. The summed E-state index contributed by atoms with van der Waals surface area (Å²) in [5.74, 6) is 7.54. The van der Waals surface area contributed by atoms with Gasteiger partial charge in [-0.15, -0.1) is 0 Å². The van der Waals surface area contributed by atoms with E-state index in [0.29, 0.717) is 35.8 Å². The van der Waals surface area contributed by atoms with Crippen molar-refractivity contribution in [3.8, 4) is 29.2 Å². The fourth-order valence-corrected chi connectivity index (χ4v) is 4.73. The Labute approximate surface area is 231 Å². The number of anilines is 2. The van der Waals surface area contributed by atoms with Crippen molar-refractivity contribution < 1.29 is 14.3 Å². The van der Waals surface area contributed by atoms with Crippen molar-refractivity contribution in [3.05, 3.63) is 66.7 Å². The van der Waals surface area contributed by atoms with Gasteiger partial charge in [0.15, 0.2) is 5.82 Å². The lowest BCUT2D eigenvalue weighted by molar-refractivity contribution is -0.124. The van der Waals surface area contributed by atoms with Crippen LogP contribution in [0, 0.1) is 18.8 Å². The van der Waals surface area contributed by atoms with E-state index in [1.54, 1.807) is 24.2 Å². The van der Waals surface area contributed by atoms with Crippen LogP contribution in [-0.4, -0.2) is 54.5 Å². The van der Waals surface area contributed by atoms with Crippen LogP contribution in [0.5, 0.6) is 17.4 Å². The number of hydrogen-bond donors (Lipinski definition) is 1. The smallest absolute Gasteiger partial charge is 0.298 e. The van der Waals surface area contributed by atoms with Crippen molar-refractivity contribution in [1.82, 2.24) is 29.4 Å². The Bertz CT molecular complexity index is 1800. The zero-order valence-corrected chi connectivity index (χ0v) is 22.4. The van der Waals surface area contributed by atoms with Crippen molar-refractivity contribution >= 4 is 39.5 Å². The molecule has 3 aromatic heterocycles. The number of fused-ring (bicyclic) bond motifs is 2. The second kappa shape index (κ2) is 10.5. The SMILES string of the molecule is CC#CC(=O)N1CC[C@H](Oc2ccc3ncnc(Nc4ccc(Oc5ccc6c(c5)ncn6C)c(C)c4)c3n2)C1. The molecule has 10 nitrogen and oxygen atoms in total. The maximum Gasteiger partial charge on any atom is 0.298 e. The topological polar surface area (TPSA) is 107 Å². The van der Waals surface area contributed by atoms with Crippen LogP contribution in [0.2, 0.25) is 0 Å². The van der Waals surface area contributed by atoms with Crippen LogP contribution >= 0.6 is 0 Å². The number of ether oxygens (including phenoxy) is 2. The molecule has 1 aliphatic heterocycles. The third-order valence-electron chi connectivity index (χ3n) is 6.77. The molecule has 0 spiro atoms. The first-order chi connectivity index (χ1) is 19.5. The van der Waals surface area contributed by atoms with Crippen molar-refractivity contribution in [3.63, 3.8) is 0 Å². The van der Waals surface area contributed by atoms with Crippen LogP contribution in [0.4, 0.5) is 11.5 Å². The molecule has 6 rings (SSSR count). The van der Waals surface area contributed by atoms with E-state index in [2.05, 4.69) is 37.1 Å². The number of aryl methyl sites for hydroxylation is 2. The molecule has 1 aliphatic rings. The number of imidazole rings is 1. The van der Waals surface area contributed by atoms with Gasteiger partial charge >= 0.3 is 0 Å². The summed E-state index contributed by atoms with van der Waals surface area (Å²) in [6.07, 6.45) is 3.86. The van der Waals surface area contributed by atoms with Gasteiger partial charge in [0.2, 0.25) is 5.88 Å². The number of rotatable bonds is 6. The molecule has 0 radical (unpaired) electrons. The number of likely N-dealkylation sites (tertiary alicyclic amines) is 1. The lowest BCUT2D eigenvalue weighted by atomic mass is 10.2. The Kier molecular flexibility index (Phi) is 6.62. The summed E-state index contributed by atoms with van der Waals surface area (Å²) >= 11 is 0. The minimum atomic E-state index is -0.180. The van der Waals surface area contributed by atoms with Gasteiger partial charge in [0.05, 0.1) is 29.4 Å². The van der Waals surface area contributed by atoms with Gasteiger partial charge in [0, 0.05) is 37.8 Å². The van der Waals surface area contributed by atoms with Crippen LogP contribution in [0.3, 0.4) is 0 Å². The fraction of sp³-hybridized carbons (Fsp3) is 0.233. The van der Waals surface area contributed by atoms with E-state index < -0.39 is 0 Å². The number of amides is 1. The summed E-state index contributed by atoms with van der Waals surface area (Å²) in [6, 6.07) is 15.3. The summed E-state index contributed by atoms with van der Waals surface area (Å²) in [5.41, 5.74) is 4.99. The highest BCUT2D eigenvalue weighted by molar-refractivity contribution is 5.93. The Balaban J connectivity index is 1.18. The summed E-state index contributed by atoms with van der Waals surface area (Å²) in [7, 11) is 1.96. The van der Waals surface area contributed by atoms with Crippen LogP contribution in [0.15, 0.2) is 61.2 Å². The highest BCUT2D eigenvalue weighted by Crippen LogP contribution is 2.31. The van der Waals surface area contributed by atoms with Gasteiger partial charge in [-0.1, -0.05) is 5.92 Å². The van der Waals surface area contributed by atoms with Gasteiger partial charge in [0.25, 0.3) is 5.91 Å². The zero-order valence-electron chi connectivity index (χ0n) is 22.4. The standard InChI is InChI=1S/C30H27N7O3/c1-4-5-28(38)37-13-12-22(16-37)40-27-11-8-23-29(35-27)30(32-17-31-23)34-20-6-10-26(19(2)14-20)39-21-7-9-25-24(15-21)33-18-36(25)3/h6-11,14-15,17-18,22H,12-13,16H2,1-3H3,(H,31,32,34)/t22-/m0/s1. The van der Waals surface area contributed by atoms with Crippen LogP contribution in [0.1, 0.15) is 18.9 Å². The number of nitrogens with one attached hydrogen (secondary N) is 1. The second-order valence-electron chi connectivity index (χ2n) is 9.61. The molecule has 40 heavy (non-hydrogen) atoms. The monoisotopic (exact) mass is 533 g/mol. The molecular formula is C30H27N7O3. The van der Waals surface area contributed by atoms with Crippen LogP contribution < -0.4 is 14.8 Å². The maximum atomic E-state index is 12.1. The molecule has 0 bridgehead atoms. The van der Waals surface area contributed by atoms with Crippen molar-refractivity contribution in [2.45, 2.75) is 26.4 Å².